The number of amides is 1. The smallest absolute Gasteiger partial charge is 0.265 e. The van der Waals surface area contributed by atoms with Gasteiger partial charge in [0.2, 0.25) is 5.91 Å². The minimum Gasteiger partial charge on any atom is -0.334 e. The lowest BCUT2D eigenvalue weighted by molar-refractivity contribution is -0.133. The van der Waals surface area contributed by atoms with Gasteiger partial charge in [-0.2, -0.15) is 0 Å². The highest BCUT2D eigenvalue weighted by Gasteiger charge is 2.32. The predicted octanol–water partition coefficient (Wildman–Crippen LogP) is 0.123. The molecule has 7 nitrogen and oxygen atoms in total. The van der Waals surface area contributed by atoms with Crippen molar-refractivity contribution >= 4 is 5.91 Å². The van der Waals surface area contributed by atoms with Crippen LogP contribution in [-0.2, 0) is 17.9 Å². The first-order valence-corrected chi connectivity index (χ1v) is 7.12. The van der Waals surface area contributed by atoms with Gasteiger partial charge in [-0.15, -0.1) is 0 Å². The number of carbonyl (C=O) groups excluding carboxylic acids is 1. The van der Waals surface area contributed by atoms with E-state index in [0.29, 0.717) is 6.54 Å². The van der Waals surface area contributed by atoms with Gasteiger partial charge in [-0.25, -0.2) is 4.68 Å². The standard InChI is InChI=1S/C15H16N4O3/c20-13-3-4-14(21)19(17-13)10-15(22)18(12-1-2-12)9-11-5-7-16-8-6-11/h3-8,12H,1-2,9-10H2,(H,17,20). The maximum Gasteiger partial charge on any atom is 0.265 e. The molecule has 2 aromatic rings. The molecule has 0 unspecified atom stereocenters. The van der Waals surface area contributed by atoms with Crippen molar-refractivity contribution < 1.29 is 4.79 Å². The molecule has 1 aliphatic rings. The summed E-state index contributed by atoms with van der Waals surface area (Å²) in [4.78, 5) is 41.2. The lowest BCUT2D eigenvalue weighted by Crippen LogP contribution is -2.39. The first-order chi connectivity index (χ1) is 10.6. The van der Waals surface area contributed by atoms with Crippen LogP contribution in [0.4, 0.5) is 0 Å². The van der Waals surface area contributed by atoms with Gasteiger partial charge in [-0.3, -0.25) is 24.5 Å². The van der Waals surface area contributed by atoms with Gasteiger partial charge >= 0.3 is 0 Å². The molecule has 0 aromatic carbocycles. The number of nitrogens with one attached hydrogen (secondary N) is 1. The quantitative estimate of drug-likeness (QED) is 0.849. The van der Waals surface area contributed by atoms with Crippen molar-refractivity contribution in [2.75, 3.05) is 0 Å². The molecule has 0 saturated heterocycles. The van der Waals surface area contributed by atoms with Crippen LogP contribution in [0.2, 0.25) is 0 Å². The molecule has 3 rings (SSSR count). The molecular formula is C15H16N4O3. The molecule has 1 amide bonds. The molecule has 0 radical (unpaired) electrons. The van der Waals surface area contributed by atoms with Crippen LogP contribution in [0.25, 0.3) is 0 Å². The number of hydrogen-bond acceptors (Lipinski definition) is 4. The molecule has 0 aliphatic heterocycles. The van der Waals surface area contributed by atoms with Gasteiger partial charge in [-0.05, 0) is 30.5 Å². The van der Waals surface area contributed by atoms with Crippen LogP contribution in [0.15, 0.2) is 46.2 Å². The monoisotopic (exact) mass is 300 g/mol. The van der Waals surface area contributed by atoms with Gasteiger partial charge in [0.05, 0.1) is 0 Å². The zero-order chi connectivity index (χ0) is 15.5. The zero-order valence-electron chi connectivity index (χ0n) is 11.9. The molecule has 0 bridgehead atoms. The molecule has 1 saturated carbocycles. The van der Waals surface area contributed by atoms with Crippen LogP contribution in [-0.4, -0.2) is 31.6 Å². The molecule has 114 valence electrons. The number of rotatable bonds is 5. The van der Waals surface area contributed by atoms with E-state index in [9.17, 15) is 14.4 Å². The fourth-order valence-corrected chi connectivity index (χ4v) is 2.30. The first-order valence-electron chi connectivity index (χ1n) is 7.12. The largest absolute Gasteiger partial charge is 0.334 e. The average Bonchev–Trinajstić information content (AvgIpc) is 3.34. The molecule has 1 N–H and O–H groups in total. The first kappa shape index (κ1) is 14.2. The third-order valence-corrected chi connectivity index (χ3v) is 3.59. The van der Waals surface area contributed by atoms with Crippen molar-refractivity contribution in [1.82, 2.24) is 19.7 Å². The molecule has 1 fully saturated rings. The Hall–Kier alpha value is -2.70. The normalized spacial score (nSPS) is 13.8. The second kappa shape index (κ2) is 5.97. The maximum atomic E-state index is 12.5. The van der Waals surface area contributed by atoms with E-state index >= 15 is 0 Å². The Labute approximate surface area is 126 Å². The second-order valence-corrected chi connectivity index (χ2v) is 5.34. The highest BCUT2D eigenvalue weighted by atomic mass is 16.2. The Morgan fingerprint density at radius 1 is 1.23 bits per heavy atom. The summed E-state index contributed by atoms with van der Waals surface area (Å²) >= 11 is 0. The SMILES string of the molecule is O=C(Cn1[nH]c(=O)ccc1=O)N(Cc1ccncc1)C1CC1. The van der Waals surface area contributed by atoms with Gasteiger partial charge in [0, 0.05) is 37.1 Å². The highest BCUT2D eigenvalue weighted by molar-refractivity contribution is 5.76. The number of aromatic nitrogens is 3. The van der Waals surface area contributed by atoms with Gasteiger partial charge in [0.1, 0.15) is 6.54 Å². The Morgan fingerprint density at radius 2 is 1.95 bits per heavy atom. The molecular weight excluding hydrogens is 284 g/mol. The lowest BCUT2D eigenvalue weighted by atomic mass is 10.2. The van der Waals surface area contributed by atoms with Crippen molar-refractivity contribution in [3.8, 4) is 0 Å². The molecule has 0 spiro atoms. The summed E-state index contributed by atoms with van der Waals surface area (Å²) in [5.74, 6) is -0.178. The lowest BCUT2D eigenvalue weighted by Gasteiger charge is -2.22. The molecule has 1 aliphatic carbocycles. The minimum atomic E-state index is -0.403. The Balaban J connectivity index is 1.77. The number of pyridine rings is 1. The summed E-state index contributed by atoms with van der Waals surface area (Å²) in [5.41, 5.74) is 0.191. The summed E-state index contributed by atoms with van der Waals surface area (Å²) < 4.78 is 1.05. The van der Waals surface area contributed by atoms with Crippen LogP contribution >= 0.6 is 0 Å². The Bertz CT molecular complexity index is 777. The molecule has 0 atom stereocenters. The van der Waals surface area contributed by atoms with E-state index in [4.69, 9.17) is 0 Å². The Kier molecular flexibility index (Phi) is 3.86. The fraction of sp³-hybridized carbons (Fsp3) is 0.333. The third-order valence-electron chi connectivity index (χ3n) is 3.59. The van der Waals surface area contributed by atoms with Gasteiger partial charge in [0.25, 0.3) is 11.1 Å². The van der Waals surface area contributed by atoms with Crippen molar-refractivity contribution in [1.29, 1.82) is 0 Å². The highest BCUT2D eigenvalue weighted by Crippen LogP contribution is 2.28. The Morgan fingerprint density at radius 3 is 2.64 bits per heavy atom. The van der Waals surface area contributed by atoms with E-state index in [1.54, 1.807) is 17.3 Å². The van der Waals surface area contributed by atoms with Crippen LogP contribution in [0, 0.1) is 0 Å². The van der Waals surface area contributed by atoms with E-state index in [1.165, 1.54) is 0 Å². The molecule has 7 heteroatoms. The fourth-order valence-electron chi connectivity index (χ4n) is 2.30. The number of carbonyl (C=O) groups is 1. The number of aromatic amines is 1. The van der Waals surface area contributed by atoms with E-state index in [2.05, 4.69) is 10.1 Å². The van der Waals surface area contributed by atoms with Gasteiger partial charge in [0.15, 0.2) is 0 Å². The van der Waals surface area contributed by atoms with Crippen LogP contribution < -0.4 is 11.1 Å². The summed E-state index contributed by atoms with van der Waals surface area (Å²) in [6, 6.07) is 6.25. The van der Waals surface area contributed by atoms with E-state index < -0.39 is 11.1 Å². The topological polar surface area (TPSA) is 88.1 Å². The summed E-state index contributed by atoms with van der Waals surface area (Å²) in [6.45, 7) is 0.328. The summed E-state index contributed by atoms with van der Waals surface area (Å²) in [6.07, 6.45) is 5.31. The van der Waals surface area contributed by atoms with Gasteiger partial charge < -0.3 is 4.90 Å². The van der Waals surface area contributed by atoms with E-state index in [0.717, 1.165) is 35.2 Å². The minimum absolute atomic E-state index is 0.156. The number of H-pyrrole nitrogens is 1. The molecule has 2 aromatic heterocycles. The van der Waals surface area contributed by atoms with Crippen molar-refractivity contribution in [3.05, 3.63) is 62.9 Å². The van der Waals surface area contributed by atoms with E-state index in [-0.39, 0.29) is 18.5 Å². The van der Waals surface area contributed by atoms with Gasteiger partial charge in [-0.1, -0.05) is 0 Å². The van der Waals surface area contributed by atoms with Crippen molar-refractivity contribution in [3.63, 3.8) is 0 Å². The zero-order valence-corrected chi connectivity index (χ0v) is 11.9. The average molecular weight is 300 g/mol. The molecule has 22 heavy (non-hydrogen) atoms. The predicted molar refractivity (Wildman–Crippen MR) is 79.1 cm³/mol. The summed E-state index contributed by atoms with van der Waals surface area (Å²) in [7, 11) is 0. The van der Waals surface area contributed by atoms with Crippen LogP contribution in [0.5, 0.6) is 0 Å². The van der Waals surface area contributed by atoms with Crippen LogP contribution in [0.3, 0.4) is 0 Å². The second-order valence-electron chi connectivity index (χ2n) is 5.34. The van der Waals surface area contributed by atoms with Crippen molar-refractivity contribution in [2.45, 2.75) is 32.0 Å². The number of nitrogens with zero attached hydrogens (tertiary/aromatic N) is 3. The molecule has 2 heterocycles. The van der Waals surface area contributed by atoms with E-state index in [1.807, 2.05) is 12.1 Å². The number of hydrogen-bond donors (Lipinski definition) is 1. The van der Waals surface area contributed by atoms with Crippen molar-refractivity contribution in [2.24, 2.45) is 0 Å². The maximum absolute atomic E-state index is 12.5. The third kappa shape index (κ3) is 3.30. The summed E-state index contributed by atoms with van der Waals surface area (Å²) in [5, 5.41) is 2.38. The van der Waals surface area contributed by atoms with Crippen LogP contribution in [0.1, 0.15) is 18.4 Å².